The van der Waals surface area contributed by atoms with Crippen LogP contribution in [-0.2, 0) is 0 Å². The van der Waals surface area contributed by atoms with E-state index in [0.29, 0.717) is 10.6 Å². The molecule has 0 saturated carbocycles. The molecule has 0 spiro atoms. The lowest BCUT2D eigenvalue weighted by Crippen LogP contribution is -1.88. The number of allylic oxidation sites excluding steroid dienone is 1. The van der Waals surface area contributed by atoms with E-state index < -0.39 is 0 Å². The summed E-state index contributed by atoms with van der Waals surface area (Å²) in [5.74, 6) is 0. The average Bonchev–Trinajstić information content (AvgIpc) is 2.67. The van der Waals surface area contributed by atoms with Crippen LogP contribution in [0.3, 0.4) is 0 Å². The van der Waals surface area contributed by atoms with Crippen molar-refractivity contribution in [2.75, 3.05) is 5.32 Å². The van der Waals surface area contributed by atoms with E-state index in [1.54, 1.807) is 23.6 Å². The van der Waals surface area contributed by atoms with Crippen LogP contribution < -0.4 is 5.32 Å². The number of nitrogens with zero attached hydrogens (tertiary/aromatic N) is 3. The van der Waals surface area contributed by atoms with Gasteiger partial charge in [0.25, 0.3) is 0 Å². The summed E-state index contributed by atoms with van der Waals surface area (Å²) >= 11 is 1.34. The van der Waals surface area contributed by atoms with Crippen molar-refractivity contribution < 1.29 is 0 Å². The van der Waals surface area contributed by atoms with Crippen LogP contribution in [0.5, 0.6) is 0 Å². The second-order valence-corrected chi connectivity index (χ2v) is 3.12. The van der Waals surface area contributed by atoms with E-state index in [0.717, 1.165) is 0 Å². The van der Waals surface area contributed by atoms with Gasteiger partial charge in [-0.1, -0.05) is 0 Å². The Bertz CT molecular complexity index is 462. The number of nitriles is 3. The molecule has 14 heavy (non-hydrogen) atoms. The number of nitrogens with one attached hydrogen (secondary N) is 1. The normalized spacial score (nSPS) is 7.79. The molecule has 1 rings (SSSR count). The second-order valence-electron chi connectivity index (χ2n) is 2.20. The summed E-state index contributed by atoms with van der Waals surface area (Å²) in [7, 11) is 0. The largest absolute Gasteiger partial charge is 0.350 e. The zero-order valence-electron chi connectivity index (χ0n) is 6.98. The van der Waals surface area contributed by atoms with Gasteiger partial charge in [-0.15, -0.1) is 11.3 Å². The third-order valence-corrected chi connectivity index (χ3v) is 2.22. The van der Waals surface area contributed by atoms with Gasteiger partial charge >= 0.3 is 0 Å². The van der Waals surface area contributed by atoms with Gasteiger partial charge in [-0.2, -0.15) is 15.8 Å². The van der Waals surface area contributed by atoms with Crippen LogP contribution in [0.2, 0.25) is 0 Å². The minimum atomic E-state index is -0.0257. The molecule has 0 aliphatic heterocycles. The molecule has 1 heterocycles. The van der Waals surface area contributed by atoms with Gasteiger partial charge in [0.2, 0.25) is 0 Å². The van der Waals surface area contributed by atoms with Crippen LogP contribution >= 0.6 is 11.3 Å². The molecule has 0 unspecified atom stereocenters. The van der Waals surface area contributed by atoms with Crippen LogP contribution in [0.15, 0.2) is 23.2 Å². The summed E-state index contributed by atoms with van der Waals surface area (Å²) in [5, 5.41) is 30.7. The van der Waals surface area contributed by atoms with Crippen molar-refractivity contribution in [2.45, 2.75) is 0 Å². The lowest BCUT2D eigenvalue weighted by Gasteiger charge is -1.94. The molecule has 0 aliphatic rings. The van der Waals surface area contributed by atoms with Crippen LogP contribution in [0.4, 0.5) is 5.00 Å². The first kappa shape index (κ1) is 9.80. The predicted molar refractivity (Wildman–Crippen MR) is 52.0 cm³/mol. The Morgan fingerprint density at radius 3 is 2.64 bits per heavy atom. The maximum atomic E-state index is 8.65. The summed E-state index contributed by atoms with van der Waals surface area (Å²) in [4.78, 5) is 0. The number of thiophene rings is 1. The predicted octanol–water partition coefficient (Wildman–Crippen LogP) is 1.96. The molecule has 0 radical (unpaired) electrons. The Hall–Kier alpha value is -2.29. The molecule has 0 aliphatic carbocycles. The van der Waals surface area contributed by atoms with Gasteiger partial charge in [0, 0.05) is 6.20 Å². The van der Waals surface area contributed by atoms with E-state index in [4.69, 9.17) is 15.8 Å². The number of hydrogen-bond acceptors (Lipinski definition) is 5. The first-order valence-corrected chi connectivity index (χ1v) is 4.44. The molecular weight excluding hydrogens is 196 g/mol. The highest BCUT2D eigenvalue weighted by atomic mass is 32.1. The van der Waals surface area contributed by atoms with Crippen molar-refractivity contribution in [1.29, 1.82) is 15.8 Å². The van der Waals surface area contributed by atoms with Gasteiger partial charge in [-0.05, 0) is 11.4 Å². The fourth-order valence-corrected chi connectivity index (χ4v) is 1.44. The Kier molecular flexibility index (Phi) is 3.27. The molecule has 0 fully saturated rings. The summed E-state index contributed by atoms with van der Waals surface area (Å²) in [6, 6.07) is 7.08. The van der Waals surface area contributed by atoms with Crippen molar-refractivity contribution in [3.63, 3.8) is 0 Å². The third-order valence-electron chi connectivity index (χ3n) is 1.37. The first-order chi connectivity index (χ1) is 6.81. The molecule has 4 nitrogen and oxygen atoms in total. The Balaban J connectivity index is 2.83. The van der Waals surface area contributed by atoms with Gasteiger partial charge < -0.3 is 5.32 Å². The number of rotatable bonds is 2. The monoisotopic (exact) mass is 200 g/mol. The lowest BCUT2D eigenvalue weighted by molar-refractivity contribution is 1.45. The van der Waals surface area contributed by atoms with Crippen molar-refractivity contribution in [2.24, 2.45) is 0 Å². The Morgan fingerprint density at radius 1 is 1.36 bits per heavy atom. The maximum absolute atomic E-state index is 8.65. The minimum absolute atomic E-state index is 0.0257. The maximum Gasteiger partial charge on any atom is 0.145 e. The molecule has 0 amide bonds. The summed E-state index contributed by atoms with van der Waals surface area (Å²) in [6.07, 6.45) is 1.28. The zero-order chi connectivity index (χ0) is 10.4. The summed E-state index contributed by atoms with van der Waals surface area (Å²) in [6.45, 7) is 0. The lowest BCUT2D eigenvalue weighted by atomic mass is 10.3. The highest BCUT2D eigenvalue weighted by Gasteiger charge is 2.01. The molecule has 5 heteroatoms. The average molecular weight is 200 g/mol. The van der Waals surface area contributed by atoms with Crippen molar-refractivity contribution in [3.8, 4) is 18.2 Å². The Labute approximate surface area is 84.9 Å². The number of anilines is 1. The van der Waals surface area contributed by atoms with E-state index in [1.165, 1.54) is 17.5 Å². The fraction of sp³-hybridized carbons (Fsp3) is 0. The van der Waals surface area contributed by atoms with Crippen LogP contribution in [0.25, 0.3) is 0 Å². The van der Waals surface area contributed by atoms with Gasteiger partial charge in [-0.25, -0.2) is 0 Å². The van der Waals surface area contributed by atoms with Gasteiger partial charge in [0.05, 0.1) is 5.56 Å². The van der Waals surface area contributed by atoms with Gasteiger partial charge in [0.1, 0.15) is 28.8 Å². The van der Waals surface area contributed by atoms with E-state index in [1.807, 2.05) is 6.07 Å². The minimum Gasteiger partial charge on any atom is -0.350 e. The van der Waals surface area contributed by atoms with E-state index in [-0.39, 0.29) is 5.57 Å². The molecule has 1 aromatic heterocycles. The van der Waals surface area contributed by atoms with E-state index in [9.17, 15) is 0 Å². The molecule has 0 bridgehead atoms. The molecule has 0 saturated heterocycles. The van der Waals surface area contributed by atoms with Crippen molar-refractivity contribution >= 4 is 16.3 Å². The molecule has 1 aromatic rings. The second kappa shape index (κ2) is 4.67. The van der Waals surface area contributed by atoms with Crippen LogP contribution in [-0.4, -0.2) is 0 Å². The SMILES string of the molecule is N#CC(C#N)=CNc1sccc1C#N. The van der Waals surface area contributed by atoms with Crippen molar-refractivity contribution in [1.82, 2.24) is 0 Å². The molecule has 0 aromatic carbocycles. The Morgan fingerprint density at radius 2 is 2.07 bits per heavy atom. The fourth-order valence-electron chi connectivity index (χ4n) is 0.736. The molecule has 1 N–H and O–H groups in total. The van der Waals surface area contributed by atoms with Gasteiger partial charge in [-0.3, -0.25) is 0 Å². The zero-order valence-corrected chi connectivity index (χ0v) is 7.80. The molecule has 66 valence electrons. The molecule has 0 atom stereocenters. The summed E-state index contributed by atoms with van der Waals surface area (Å²) < 4.78 is 0. The standard InChI is InChI=1S/C9H4N4S/c10-3-7(4-11)6-13-9-8(5-12)1-2-14-9/h1-2,6,13H. The van der Waals surface area contributed by atoms with Crippen molar-refractivity contribution in [3.05, 3.63) is 28.8 Å². The smallest absolute Gasteiger partial charge is 0.145 e. The van der Waals surface area contributed by atoms with E-state index >= 15 is 0 Å². The third kappa shape index (κ3) is 2.10. The van der Waals surface area contributed by atoms with Crippen LogP contribution in [0.1, 0.15) is 5.56 Å². The van der Waals surface area contributed by atoms with E-state index in [2.05, 4.69) is 5.32 Å². The molecular formula is C9H4N4S. The first-order valence-electron chi connectivity index (χ1n) is 3.56. The quantitative estimate of drug-likeness (QED) is 0.739. The van der Waals surface area contributed by atoms with Gasteiger partial charge in [0.15, 0.2) is 0 Å². The number of hydrogen-bond donors (Lipinski definition) is 1. The van der Waals surface area contributed by atoms with Crippen LogP contribution in [0, 0.1) is 34.0 Å². The highest BCUT2D eigenvalue weighted by molar-refractivity contribution is 7.14. The summed E-state index contributed by atoms with van der Waals surface area (Å²) in [5.41, 5.74) is 0.476. The highest BCUT2D eigenvalue weighted by Crippen LogP contribution is 2.22. The topological polar surface area (TPSA) is 83.4 Å².